The smallest absolute Gasteiger partial charge is 0.251 e. The van der Waals surface area contributed by atoms with Crippen molar-refractivity contribution in [1.29, 1.82) is 0 Å². The van der Waals surface area contributed by atoms with Crippen molar-refractivity contribution in [3.63, 3.8) is 0 Å². The molecule has 0 radical (unpaired) electrons. The molecule has 3 aliphatic carbocycles. The van der Waals surface area contributed by atoms with E-state index in [-0.39, 0.29) is 49.0 Å². The number of benzene rings is 3. The summed E-state index contributed by atoms with van der Waals surface area (Å²) in [6.07, 6.45) is 2.07. The fraction of sp³-hybridized carbons (Fsp3) is 0.574. The Morgan fingerprint density at radius 3 is 2.39 bits per heavy atom. The third-order valence-electron chi connectivity index (χ3n) is 13.7. The summed E-state index contributed by atoms with van der Waals surface area (Å²) in [6.45, 7) is 9.32. The van der Waals surface area contributed by atoms with E-state index in [2.05, 4.69) is 36.1 Å². The van der Waals surface area contributed by atoms with Gasteiger partial charge in [-0.1, -0.05) is 69.3 Å². The zero-order chi connectivity index (χ0) is 45.1. The molecule has 4 fully saturated rings. The molecular formula is C47H68N6O8S. The van der Waals surface area contributed by atoms with Crippen LogP contribution in [0.3, 0.4) is 0 Å². The van der Waals surface area contributed by atoms with E-state index in [1.807, 2.05) is 91.6 Å². The Bertz CT molecular complexity index is 2140. The summed E-state index contributed by atoms with van der Waals surface area (Å²) >= 11 is 0. The van der Waals surface area contributed by atoms with E-state index in [0.29, 0.717) is 71.0 Å². The number of hydroxylamine groups is 2. The Morgan fingerprint density at radius 1 is 1.05 bits per heavy atom. The predicted octanol–water partition coefficient (Wildman–Crippen LogP) is 3.91. The van der Waals surface area contributed by atoms with Crippen molar-refractivity contribution < 1.29 is 37.8 Å². The van der Waals surface area contributed by atoms with Crippen LogP contribution in [0.5, 0.6) is 5.75 Å². The highest BCUT2D eigenvalue weighted by Gasteiger charge is 2.57. The first-order chi connectivity index (χ1) is 29.3. The number of para-hydroxylation sites is 1. The Hall–Kier alpha value is -4.09. The first kappa shape index (κ1) is 47.4. The second kappa shape index (κ2) is 19.7. The van der Waals surface area contributed by atoms with Crippen LogP contribution in [0.1, 0.15) is 62.0 Å². The summed E-state index contributed by atoms with van der Waals surface area (Å²) in [4.78, 5) is 38.9. The summed E-state index contributed by atoms with van der Waals surface area (Å²) < 4.78 is 32.5. The number of methoxy groups -OCH3 is 1. The number of sulfonamides is 1. The topological polar surface area (TPSA) is 173 Å². The second-order valence-electron chi connectivity index (χ2n) is 18.7. The highest BCUT2D eigenvalue weighted by atomic mass is 32.2. The zero-order valence-corrected chi connectivity index (χ0v) is 38.6. The van der Waals surface area contributed by atoms with Crippen molar-refractivity contribution in [3.05, 3.63) is 83.4 Å². The van der Waals surface area contributed by atoms with Crippen molar-refractivity contribution in [2.24, 2.45) is 29.1 Å². The molecule has 5 N–H and O–H groups in total. The highest BCUT2D eigenvalue weighted by molar-refractivity contribution is 7.88. The number of amides is 2. The van der Waals surface area contributed by atoms with Gasteiger partial charge in [0, 0.05) is 67.1 Å². The maximum Gasteiger partial charge on any atom is 0.251 e. The molecule has 1 heterocycles. The predicted molar refractivity (Wildman–Crippen MR) is 242 cm³/mol. The van der Waals surface area contributed by atoms with Gasteiger partial charge in [0.15, 0.2) is 0 Å². The number of aliphatic hydroxyl groups excluding tert-OH is 2. The summed E-state index contributed by atoms with van der Waals surface area (Å²) in [5.74, 6) is 0.662. The number of ether oxygens (including phenoxy) is 1. The van der Waals surface area contributed by atoms with Crippen LogP contribution in [0.25, 0.3) is 11.1 Å². The minimum atomic E-state index is -3.41. The zero-order valence-electron chi connectivity index (χ0n) is 37.8. The third kappa shape index (κ3) is 10.8. The van der Waals surface area contributed by atoms with Crippen LogP contribution < -0.4 is 25.0 Å². The van der Waals surface area contributed by atoms with Crippen LogP contribution in [0.2, 0.25) is 0 Å². The van der Waals surface area contributed by atoms with Gasteiger partial charge in [0.2, 0.25) is 15.9 Å². The number of likely N-dealkylation sites (N-methyl/N-ethyl adjacent to an activating group) is 2. The summed E-state index contributed by atoms with van der Waals surface area (Å²) in [7, 11) is 3.93. The van der Waals surface area contributed by atoms with E-state index in [1.165, 1.54) is 6.42 Å². The molecular weight excluding hydrogens is 809 g/mol. The largest absolute Gasteiger partial charge is 0.496 e. The number of carbonyl (C=O) groups excluding carboxylic acids is 2. The van der Waals surface area contributed by atoms with Crippen LogP contribution in [-0.2, 0) is 32.6 Å². The average Bonchev–Trinajstić information content (AvgIpc) is 3.59. The molecule has 340 valence electrons. The number of nitrogens with one attached hydrogen (secondary N) is 3. The van der Waals surface area contributed by atoms with Crippen molar-refractivity contribution in [1.82, 2.24) is 25.3 Å². The Kier molecular flexibility index (Phi) is 15.1. The second-order valence-corrected chi connectivity index (χ2v) is 20.5. The third-order valence-corrected chi connectivity index (χ3v) is 14.4. The van der Waals surface area contributed by atoms with E-state index in [4.69, 9.17) is 9.57 Å². The molecule has 3 saturated carbocycles. The number of nitrogens with zero attached hydrogens (tertiary/aromatic N) is 3. The number of aliphatic hydroxyl groups is 2. The van der Waals surface area contributed by atoms with E-state index in [9.17, 15) is 28.2 Å². The molecule has 62 heavy (non-hydrogen) atoms. The highest BCUT2D eigenvalue weighted by Crippen LogP contribution is 2.61. The van der Waals surface area contributed by atoms with Gasteiger partial charge in [0.05, 0.1) is 32.6 Å². The van der Waals surface area contributed by atoms with Crippen molar-refractivity contribution in [2.45, 2.75) is 83.8 Å². The number of hydrogen-bond donors (Lipinski definition) is 5. The van der Waals surface area contributed by atoms with Gasteiger partial charge in [0.25, 0.3) is 5.91 Å². The molecule has 2 unspecified atom stereocenters. The first-order valence-electron chi connectivity index (χ1n) is 21.8. The van der Waals surface area contributed by atoms with Gasteiger partial charge in [-0.2, -0.15) is 5.06 Å². The number of carbonyl (C=O) groups is 2. The lowest BCUT2D eigenvalue weighted by molar-refractivity contribution is -0.183. The van der Waals surface area contributed by atoms with E-state index in [0.717, 1.165) is 18.2 Å². The van der Waals surface area contributed by atoms with E-state index >= 15 is 0 Å². The molecule has 3 aromatic rings. The number of anilines is 1. The van der Waals surface area contributed by atoms with Gasteiger partial charge in [-0.15, -0.1) is 0 Å². The maximum atomic E-state index is 14.4. The van der Waals surface area contributed by atoms with Gasteiger partial charge in [-0.05, 0) is 92.8 Å². The monoisotopic (exact) mass is 876 g/mol. The van der Waals surface area contributed by atoms with Crippen molar-refractivity contribution >= 4 is 27.5 Å². The molecule has 3 aromatic carbocycles. The summed E-state index contributed by atoms with van der Waals surface area (Å²) in [6, 6.07) is 20.2. The Labute approximate surface area is 368 Å². The Balaban J connectivity index is 1.32. The first-order valence-corrected chi connectivity index (χ1v) is 23.7. The molecule has 1 aliphatic heterocycles. The SMILES string of the molecule is COc1c(CN2O[C@@H](CO)[C@@H]([C@H](C)O)[C@H]2C(=O)NC2CC3C[C@@H]([C@@H]2C)C3(C)C)cccc1-c1cc(C(=O)N[C@@H](Cc2ccccc2)CN(C)C)cc(N(C)CCNS(C)(=O)=O)c1. The van der Waals surface area contributed by atoms with Crippen molar-refractivity contribution in [2.75, 3.05) is 65.6 Å². The average molecular weight is 877 g/mol. The quantitative estimate of drug-likeness (QED) is 0.118. The molecule has 7 rings (SSSR count). The van der Waals surface area contributed by atoms with Gasteiger partial charge >= 0.3 is 0 Å². The summed E-state index contributed by atoms with van der Waals surface area (Å²) in [5.41, 5.74) is 4.50. The van der Waals surface area contributed by atoms with Crippen LogP contribution in [0, 0.1) is 29.1 Å². The van der Waals surface area contributed by atoms with Gasteiger partial charge in [0.1, 0.15) is 17.9 Å². The number of hydrogen-bond acceptors (Lipinski definition) is 11. The molecule has 0 spiro atoms. The molecule has 15 heteroatoms. The molecule has 14 nitrogen and oxygen atoms in total. The Morgan fingerprint density at radius 2 is 1.77 bits per heavy atom. The molecule has 2 bridgehead atoms. The number of fused-ring (bicyclic) bond motifs is 2. The molecule has 0 aromatic heterocycles. The van der Waals surface area contributed by atoms with E-state index < -0.39 is 34.2 Å². The lowest BCUT2D eigenvalue weighted by Gasteiger charge is -2.62. The normalized spacial score (nSPS) is 25.5. The lowest BCUT2D eigenvalue weighted by Crippen LogP contribution is -2.62. The van der Waals surface area contributed by atoms with E-state index in [1.54, 1.807) is 25.2 Å². The molecule has 1 saturated heterocycles. The minimum Gasteiger partial charge on any atom is -0.496 e. The van der Waals surface area contributed by atoms with Crippen molar-refractivity contribution in [3.8, 4) is 16.9 Å². The van der Waals surface area contributed by atoms with Crippen LogP contribution >= 0.6 is 0 Å². The fourth-order valence-corrected chi connectivity index (χ4v) is 10.7. The molecule has 9 atom stereocenters. The van der Waals surface area contributed by atoms with Gasteiger partial charge in [-0.25, -0.2) is 13.1 Å². The fourth-order valence-electron chi connectivity index (χ4n) is 10.2. The molecule has 4 aliphatic rings. The van der Waals surface area contributed by atoms with Crippen LogP contribution in [0.15, 0.2) is 66.7 Å². The van der Waals surface area contributed by atoms with Gasteiger partial charge < -0.3 is 35.4 Å². The minimum absolute atomic E-state index is 0.00252. The summed E-state index contributed by atoms with van der Waals surface area (Å²) in [5, 5.41) is 29.7. The van der Waals surface area contributed by atoms with Gasteiger partial charge in [-0.3, -0.25) is 14.4 Å². The van der Waals surface area contributed by atoms with Crippen LogP contribution in [-0.4, -0.2) is 131 Å². The molecule has 2 amide bonds. The standard InChI is InChI=1S/C47H68N6O8S/c1-29-39-24-35(47(39,3)4)25-40(29)50-46(57)43-42(30(2)55)41(28-54)61-53(43)26-32-16-13-17-38(44(32)60-8)33-21-34(23-37(22-33)52(7)19-18-48-62(9,58)59)45(56)49-36(27-51(5)6)20-31-14-11-10-12-15-31/h10-17,21-23,29-30,35-36,39-43,48,54-55H,18-20,24-28H2,1-9H3,(H,49,56)(H,50,57)/t29-,30-,35?,36-,39-,40?,41-,42+,43-/m0/s1. The maximum absolute atomic E-state index is 14.4. The van der Waals surface area contributed by atoms with Crippen LogP contribution in [0.4, 0.5) is 5.69 Å². The number of rotatable bonds is 19. The lowest BCUT2D eigenvalue weighted by atomic mass is 9.45.